The van der Waals surface area contributed by atoms with Crippen LogP contribution in [0.25, 0.3) is 0 Å². The van der Waals surface area contributed by atoms with Gasteiger partial charge in [-0.2, -0.15) is 0 Å². The largest absolute Gasteiger partial charge is 0.481 e. The predicted molar refractivity (Wildman–Crippen MR) is 81.0 cm³/mol. The zero-order valence-electron chi connectivity index (χ0n) is 13.2. The monoisotopic (exact) mass is 296 g/mol. The molecule has 2 fully saturated rings. The molecule has 1 saturated heterocycles. The van der Waals surface area contributed by atoms with E-state index in [1.807, 2.05) is 0 Å². The molecule has 2 aliphatic rings. The standard InChI is InChI=1S/C16H28N2O3/c1-15(2)7-6-10-17-13(15)14(21)18-16(11-12(19)20)8-4-3-5-9-16/h13,17H,3-11H2,1-2H3,(H,18,21)(H,19,20). The number of nitrogens with one attached hydrogen (secondary N) is 2. The first-order valence-corrected chi connectivity index (χ1v) is 8.12. The van der Waals surface area contributed by atoms with Gasteiger partial charge in [-0.25, -0.2) is 0 Å². The van der Waals surface area contributed by atoms with Gasteiger partial charge in [0.2, 0.25) is 5.91 Å². The van der Waals surface area contributed by atoms with Crippen molar-refractivity contribution in [3.63, 3.8) is 0 Å². The molecule has 1 aliphatic heterocycles. The first kappa shape index (κ1) is 16.3. The number of rotatable bonds is 4. The summed E-state index contributed by atoms with van der Waals surface area (Å²) >= 11 is 0. The summed E-state index contributed by atoms with van der Waals surface area (Å²) in [6, 6.07) is -0.223. The molecule has 1 unspecified atom stereocenters. The minimum Gasteiger partial charge on any atom is -0.481 e. The molecule has 3 N–H and O–H groups in total. The molecule has 0 radical (unpaired) electrons. The molecule has 5 nitrogen and oxygen atoms in total. The van der Waals surface area contributed by atoms with Crippen LogP contribution in [0, 0.1) is 5.41 Å². The molecule has 1 heterocycles. The molecule has 1 atom stereocenters. The minimum atomic E-state index is -0.826. The van der Waals surface area contributed by atoms with Gasteiger partial charge in [0.15, 0.2) is 0 Å². The topological polar surface area (TPSA) is 78.4 Å². The molecule has 0 aromatic carbocycles. The molecule has 1 saturated carbocycles. The van der Waals surface area contributed by atoms with Gasteiger partial charge in [-0.3, -0.25) is 9.59 Å². The van der Waals surface area contributed by atoms with Crippen molar-refractivity contribution in [3.05, 3.63) is 0 Å². The van der Waals surface area contributed by atoms with Crippen molar-refractivity contribution in [2.75, 3.05) is 6.54 Å². The Kier molecular flexibility index (Phi) is 4.91. The molecule has 0 aromatic heterocycles. The highest BCUT2D eigenvalue weighted by molar-refractivity contribution is 5.84. The lowest BCUT2D eigenvalue weighted by Gasteiger charge is -2.42. The SMILES string of the molecule is CC1(C)CCCNC1C(=O)NC1(CC(=O)O)CCCCC1. The molecule has 0 aromatic rings. The third kappa shape index (κ3) is 3.96. The van der Waals surface area contributed by atoms with Gasteiger partial charge in [0, 0.05) is 0 Å². The maximum Gasteiger partial charge on any atom is 0.305 e. The lowest BCUT2D eigenvalue weighted by molar-refractivity contribution is -0.140. The first-order valence-electron chi connectivity index (χ1n) is 8.12. The molecule has 2 rings (SSSR count). The molecule has 1 aliphatic carbocycles. The van der Waals surface area contributed by atoms with Crippen molar-refractivity contribution in [1.82, 2.24) is 10.6 Å². The van der Waals surface area contributed by atoms with E-state index in [0.717, 1.165) is 51.5 Å². The first-order chi connectivity index (χ1) is 9.85. The third-order valence-corrected chi connectivity index (χ3v) is 5.08. The summed E-state index contributed by atoms with van der Waals surface area (Å²) in [5.74, 6) is -0.851. The minimum absolute atomic E-state index is 0.0251. The molecule has 21 heavy (non-hydrogen) atoms. The van der Waals surface area contributed by atoms with Crippen molar-refractivity contribution in [2.24, 2.45) is 5.41 Å². The maximum absolute atomic E-state index is 12.7. The number of piperidine rings is 1. The molecule has 5 heteroatoms. The summed E-state index contributed by atoms with van der Waals surface area (Å²) in [6.07, 6.45) is 6.80. The summed E-state index contributed by atoms with van der Waals surface area (Å²) in [5, 5.41) is 15.6. The molecule has 0 bridgehead atoms. The number of hydrogen-bond donors (Lipinski definition) is 3. The summed E-state index contributed by atoms with van der Waals surface area (Å²) in [5.41, 5.74) is -0.627. The highest BCUT2D eigenvalue weighted by atomic mass is 16.4. The van der Waals surface area contributed by atoms with E-state index in [4.69, 9.17) is 0 Å². The fourth-order valence-corrected chi connectivity index (χ4v) is 3.86. The van der Waals surface area contributed by atoms with Crippen molar-refractivity contribution < 1.29 is 14.7 Å². The summed E-state index contributed by atoms with van der Waals surface area (Å²) < 4.78 is 0. The van der Waals surface area contributed by atoms with E-state index in [2.05, 4.69) is 24.5 Å². The average Bonchev–Trinajstić information content (AvgIpc) is 2.37. The zero-order chi connectivity index (χ0) is 15.5. The average molecular weight is 296 g/mol. The number of carboxylic acids is 1. The molecule has 1 amide bonds. The van der Waals surface area contributed by atoms with Crippen LogP contribution in [0.2, 0.25) is 0 Å². The lowest BCUT2D eigenvalue weighted by atomic mass is 9.75. The number of carboxylic acid groups (broad SMARTS) is 1. The second-order valence-corrected chi connectivity index (χ2v) is 7.38. The number of aliphatic carboxylic acids is 1. The van der Waals surface area contributed by atoms with E-state index in [9.17, 15) is 14.7 Å². The highest BCUT2D eigenvalue weighted by Crippen LogP contribution is 2.34. The summed E-state index contributed by atoms with van der Waals surface area (Å²) in [7, 11) is 0. The Hall–Kier alpha value is -1.10. The third-order valence-electron chi connectivity index (χ3n) is 5.08. The van der Waals surface area contributed by atoms with Gasteiger partial charge >= 0.3 is 5.97 Å². The molecular formula is C16H28N2O3. The van der Waals surface area contributed by atoms with Gasteiger partial charge in [0.25, 0.3) is 0 Å². The van der Waals surface area contributed by atoms with Gasteiger partial charge in [0.05, 0.1) is 18.0 Å². The van der Waals surface area contributed by atoms with Crippen LogP contribution in [0.3, 0.4) is 0 Å². The van der Waals surface area contributed by atoms with Crippen LogP contribution in [0.1, 0.15) is 65.2 Å². The van der Waals surface area contributed by atoms with Crippen molar-refractivity contribution >= 4 is 11.9 Å². The Morgan fingerprint density at radius 1 is 1.14 bits per heavy atom. The van der Waals surface area contributed by atoms with Gasteiger partial charge in [-0.1, -0.05) is 33.1 Å². The molecule has 120 valence electrons. The van der Waals surface area contributed by atoms with Crippen molar-refractivity contribution in [2.45, 2.75) is 76.8 Å². The fraction of sp³-hybridized carbons (Fsp3) is 0.875. The van der Waals surface area contributed by atoms with Crippen molar-refractivity contribution in [1.29, 1.82) is 0 Å². The number of hydrogen-bond acceptors (Lipinski definition) is 3. The quantitative estimate of drug-likeness (QED) is 0.742. The maximum atomic E-state index is 12.7. The Morgan fingerprint density at radius 2 is 1.81 bits per heavy atom. The Morgan fingerprint density at radius 3 is 2.38 bits per heavy atom. The number of amides is 1. The van der Waals surface area contributed by atoms with Crippen LogP contribution in [0.4, 0.5) is 0 Å². The predicted octanol–water partition coefficient (Wildman–Crippen LogP) is 2.06. The van der Waals surface area contributed by atoms with E-state index in [1.54, 1.807) is 0 Å². The Labute approximate surface area is 126 Å². The smallest absolute Gasteiger partial charge is 0.305 e. The van der Waals surface area contributed by atoms with Gasteiger partial charge in [0.1, 0.15) is 0 Å². The van der Waals surface area contributed by atoms with Crippen LogP contribution >= 0.6 is 0 Å². The van der Waals surface area contributed by atoms with E-state index in [1.165, 1.54) is 0 Å². The zero-order valence-corrected chi connectivity index (χ0v) is 13.2. The summed E-state index contributed by atoms with van der Waals surface area (Å²) in [6.45, 7) is 5.07. The van der Waals surface area contributed by atoms with Crippen LogP contribution in [-0.4, -0.2) is 35.1 Å². The van der Waals surface area contributed by atoms with Crippen LogP contribution in [0.5, 0.6) is 0 Å². The molecule has 0 spiro atoms. The van der Waals surface area contributed by atoms with Crippen LogP contribution < -0.4 is 10.6 Å². The van der Waals surface area contributed by atoms with Gasteiger partial charge in [-0.15, -0.1) is 0 Å². The lowest BCUT2D eigenvalue weighted by Crippen LogP contribution is -2.61. The fourth-order valence-electron chi connectivity index (χ4n) is 3.86. The van der Waals surface area contributed by atoms with Crippen LogP contribution in [0.15, 0.2) is 0 Å². The molecular weight excluding hydrogens is 268 g/mol. The summed E-state index contributed by atoms with van der Waals surface area (Å²) in [4.78, 5) is 23.9. The number of carbonyl (C=O) groups is 2. The highest BCUT2D eigenvalue weighted by Gasteiger charge is 2.42. The Balaban J connectivity index is 2.08. The second kappa shape index (κ2) is 6.34. The van der Waals surface area contributed by atoms with E-state index in [0.29, 0.717) is 0 Å². The van der Waals surface area contributed by atoms with E-state index < -0.39 is 11.5 Å². The van der Waals surface area contributed by atoms with Gasteiger partial charge in [-0.05, 0) is 37.6 Å². The second-order valence-electron chi connectivity index (χ2n) is 7.38. The van der Waals surface area contributed by atoms with E-state index in [-0.39, 0.29) is 23.8 Å². The normalized spacial score (nSPS) is 27.8. The Bertz CT molecular complexity index is 400. The van der Waals surface area contributed by atoms with Gasteiger partial charge < -0.3 is 15.7 Å². The van der Waals surface area contributed by atoms with Crippen molar-refractivity contribution in [3.8, 4) is 0 Å². The number of carbonyl (C=O) groups excluding carboxylic acids is 1. The van der Waals surface area contributed by atoms with E-state index >= 15 is 0 Å². The van der Waals surface area contributed by atoms with Crippen LogP contribution in [-0.2, 0) is 9.59 Å².